The molecule has 1 rings (SSSR count). The summed E-state index contributed by atoms with van der Waals surface area (Å²) in [5, 5.41) is 2.67. The number of hydrogen-bond donors (Lipinski definition) is 3. The van der Waals surface area contributed by atoms with E-state index in [1.54, 1.807) is 0 Å². The first-order valence-electron chi connectivity index (χ1n) is 6.07. The monoisotopic (exact) mass is 375 g/mol. The van der Waals surface area contributed by atoms with Gasteiger partial charge in [0.25, 0.3) is 0 Å². The van der Waals surface area contributed by atoms with E-state index in [-0.39, 0.29) is 42.5 Å². The van der Waals surface area contributed by atoms with Gasteiger partial charge in [-0.1, -0.05) is 6.92 Å². The summed E-state index contributed by atoms with van der Waals surface area (Å²) in [6.45, 7) is 2.47. The third kappa shape index (κ3) is 10.5. The highest BCUT2D eigenvalue weighted by Gasteiger charge is 2.30. The Labute approximate surface area is 144 Å². The van der Waals surface area contributed by atoms with Gasteiger partial charge >= 0.3 is 6.36 Å². The summed E-state index contributed by atoms with van der Waals surface area (Å²) in [6, 6.07) is 5.03. The van der Waals surface area contributed by atoms with Gasteiger partial charge in [-0.3, -0.25) is 4.99 Å². The van der Waals surface area contributed by atoms with E-state index in [1.807, 2.05) is 6.92 Å². The summed E-state index contributed by atoms with van der Waals surface area (Å²) in [7, 11) is 0. The van der Waals surface area contributed by atoms with E-state index in [0.29, 0.717) is 12.2 Å². The quantitative estimate of drug-likeness (QED) is 0.556. The maximum Gasteiger partial charge on any atom is 0.573 e. The van der Waals surface area contributed by atoms with Gasteiger partial charge in [-0.25, -0.2) is 0 Å². The number of alkyl halides is 3. The highest BCUT2D eigenvalue weighted by Crippen LogP contribution is 2.23. The van der Waals surface area contributed by atoms with Crippen molar-refractivity contribution in [1.29, 1.82) is 0 Å². The molecule has 11 heteroatoms. The molecule has 0 atom stereocenters. The van der Waals surface area contributed by atoms with Crippen LogP contribution in [0, 0.1) is 0 Å². The average Bonchev–Trinajstić information content (AvgIpc) is 2.37. The lowest BCUT2D eigenvalue weighted by Crippen LogP contribution is -2.26. The molecule has 0 fully saturated rings. The molecule has 0 aliphatic carbocycles. The van der Waals surface area contributed by atoms with Crippen LogP contribution in [0.3, 0.4) is 0 Å². The second kappa shape index (κ2) is 10.8. The van der Waals surface area contributed by atoms with Gasteiger partial charge in [0.1, 0.15) is 5.75 Å². The minimum Gasteiger partial charge on any atom is -0.406 e. The van der Waals surface area contributed by atoms with Crippen molar-refractivity contribution in [1.82, 2.24) is 0 Å². The minimum atomic E-state index is -4.72. The van der Waals surface area contributed by atoms with Gasteiger partial charge in [-0.2, -0.15) is 4.99 Å². The summed E-state index contributed by atoms with van der Waals surface area (Å²) in [5.41, 5.74) is 11.5. The zero-order valence-electron chi connectivity index (χ0n) is 12.1. The molecule has 5 N–H and O–H groups in total. The zero-order valence-corrected chi connectivity index (χ0v) is 13.8. The number of nitrogens with zero attached hydrogens (tertiary/aromatic N) is 2. The van der Waals surface area contributed by atoms with Crippen LogP contribution in [0.2, 0.25) is 0 Å². The fraction of sp³-hybridized carbons (Fsp3) is 0.333. The van der Waals surface area contributed by atoms with Crippen molar-refractivity contribution in [3.8, 4) is 5.75 Å². The standard InChI is InChI=1S/C12H16F3N5O.2ClH/c1-2-7-18-10(16)20-11(17)19-8-3-5-9(6-4-8)21-12(13,14)15;;/h3-6H,2,7H2,1H3,(H5,16,17,18,19,20);2*1H. The summed E-state index contributed by atoms with van der Waals surface area (Å²) in [6.07, 6.45) is -3.90. The van der Waals surface area contributed by atoms with Crippen LogP contribution >= 0.6 is 24.8 Å². The van der Waals surface area contributed by atoms with Crippen molar-refractivity contribution in [2.45, 2.75) is 19.7 Å². The second-order valence-corrected chi connectivity index (χ2v) is 3.93. The van der Waals surface area contributed by atoms with Crippen LogP contribution in [0.25, 0.3) is 0 Å². The molecular formula is C12H18Cl2F3N5O. The van der Waals surface area contributed by atoms with Crippen molar-refractivity contribution in [2.75, 3.05) is 11.9 Å². The molecule has 0 aliphatic heterocycles. The minimum absolute atomic E-state index is 0. The molecular weight excluding hydrogens is 358 g/mol. The van der Waals surface area contributed by atoms with E-state index in [2.05, 4.69) is 20.0 Å². The van der Waals surface area contributed by atoms with Crippen LogP contribution in [-0.2, 0) is 0 Å². The maximum absolute atomic E-state index is 12.0. The fourth-order valence-corrected chi connectivity index (χ4v) is 1.30. The molecule has 23 heavy (non-hydrogen) atoms. The normalized spacial score (nSPS) is 12.0. The van der Waals surface area contributed by atoms with Crippen LogP contribution in [-0.4, -0.2) is 24.8 Å². The number of guanidine groups is 2. The van der Waals surface area contributed by atoms with E-state index >= 15 is 0 Å². The Morgan fingerprint density at radius 3 is 2.22 bits per heavy atom. The molecule has 6 nitrogen and oxygen atoms in total. The molecule has 0 unspecified atom stereocenters. The summed E-state index contributed by atoms with van der Waals surface area (Å²) < 4.78 is 39.7. The largest absolute Gasteiger partial charge is 0.573 e. The van der Waals surface area contributed by atoms with E-state index in [4.69, 9.17) is 11.5 Å². The van der Waals surface area contributed by atoms with Gasteiger partial charge in [-0.05, 0) is 30.7 Å². The highest BCUT2D eigenvalue weighted by molar-refractivity contribution is 6.00. The molecule has 0 aromatic heterocycles. The van der Waals surface area contributed by atoms with E-state index in [1.165, 1.54) is 12.1 Å². The number of hydrogen-bond acceptors (Lipinski definition) is 2. The topological polar surface area (TPSA) is 98.0 Å². The van der Waals surface area contributed by atoms with E-state index < -0.39 is 6.36 Å². The van der Waals surface area contributed by atoms with Crippen LogP contribution in [0.15, 0.2) is 34.3 Å². The Morgan fingerprint density at radius 1 is 1.17 bits per heavy atom. The van der Waals surface area contributed by atoms with Gasteiger partial charge in [0.2, 0.25) is 11.9 Å². The molecule has 0 saturated heterocycles. The molecule has 0 amide bonds. The molecule has 0 radical (unpaired) electrons. The van der Waals surface area contributed by atoms with Crippen LogP contribution in [0.4, 0.5) is 18.9 Å². The molecule has 132 valence electrons. The van der Waals surface area contributed by atoms with Gasteiger partial charge < -0.3 is 21.5 Å². The smallest absolute Gasteiger partial charge is 0.406 e. The zero-order chi connectivity index (χ0) is 15.9. The number of nitrogens with one attached hydrogen (secondary N) is 1. The Bertz CT molecular complexity index is 520. The summed E-state index contributed by atoms with van der Waals surface area (Å²) in [5.74, 6) is -0.316. The fourth-order valence-electron chi connectivity index (χ4n) is 1.30. The van der Waals surface area contributed by atoms with Crippen LogP contribution in [0.5, 0.6) is 5.75 Å². The first-order valence-corrected chi connectivity index (χ1v) is 6.07. The lowest BCUT2D eigenvalue weighted by atomic mass is 10.3. The van der Waals surface area contributed by atoms with Crippen molar-refractivity contribution >= 4 is 42.4 Å². The average molecular weight is 376 g/mol. The molecule has 1 aromatic rings. The second-order valence-electron chi connectivity index (χ2n) is 3.93. The lowest BCUT2D eigenvalue weighted by Gasteiger charge is -2.10. The van der Waals surface area contributed by atoms with Crippen LogP contribution < -0.4 is 21.5 Å². The maximum atomic E-state index is 12.0. The van der Waals surface area contributed by atoms with Gasteiger partial charge in [-0.15, -0.1) is 38.0 Å². The van der Waals surface area contributed by atoms with Crippen LogP contribution in [0.1, 0.15) is 13.3 Å². The lowest BCUT2D eigenvalue weighted by molar-refractivity contribution is -0.274. The van der Waals surface area contributed by atoms with Gasteiger partial charge in [0.15, 0.2) is 0 Å². The Morgan fingerprint density at radius 2 is 1.74 bits per heavy atom. The first-order chi connectivity index (χ1) is 9.80. The highest BCUT2D eigenvalue weighted by atomic mass is 35.5. The molecule has 0 heterocycles. The summed E-state index contributed by atoms with van der Waals surface area (Å²) in [4.78, 5) is 7.71. The number of benzene rings is 1. The van der Waals surface area contributed by atoms with Crippen molar-refractivity contribution in [2.24, 2.45) is 21.5 Å². The van der Waals surface area contributed by atoms with Crippen molar-refractivity contribution in [3.05, 3.63) is 24.3 Å². The molecule has 0 spiro atoms. The SMILES string of the molecule is CCCN=C(N)N=C(N)Nc1ccc(OC(F)(F)F)cc1.Cl.Cl. The predicted octanol–water partition coefficient (Wildman–Crippen LogP) is 2.88. The third-order valence-corrected chi connectivity index (χ3v) is 2.09. The molecule has 1 aromatic carbocycles. The predicted molar refractivity (Wildman–Crippen MR) is 89.6 cm³/mol. The Kier molecular flexibility index (Phi) is 11.0. The molecule has 0 saturated carbocycles. The van der Waals surface area contributed by atoms with Gasteiger partial charge in [0, 0.05) is 12.2 Å². The van der Waals surface area contributed by atoms with E-state index in [9.17, 15) is 13.2 Å². The number of rotatable bonds is 4. The third-order valence-electron chi connectivity index (χ3n) is 2.09. The number of ether oxygens (including phenoxy) is 1. The Balaban J connectivity index is 0. The molecule has 0 aliphatic rings. The van der Waals surface area contributed by atoms with Gasteiger partial charge in [0.05, 0.1) is 0 Å². The van der Waals surface area contributed by atoms with Crippen molar-refractivity contribution in [3.63, 3.8) is 0 Å². The number of aliphatic imine (C=N–C) groups is 2. The Hall–Kier alpha value is -1.87. The first kappa shape index (κ1) is 23.4. The number of halogens is 5. The van der Waals surface area contributed by atoms with E-state index in [0.717, 1.165) is 18.6 Å². The van der Waals surface area contributed by atoms with Crippen molar-refractivity contribution < 1.29 is 17.9 Å². The summed E-state index contributed by atoms with van der Waals surface area (Å²) >= 11 is 0. The number of anilines is 1. The number of nitrogens with two attached hydrogens (primary N) is 2. The molecule has 0 bridgehead atoms.